The van der Waals surface area contributed by atoms with Gasteiger partial charge in [-0.25, -0.2) is 4.79 Å². The van der Waals surface area contributed by atoms with Crippen LogP contribution < -0.4 is 0 Å². The second-order valence-corrected chi connectivity index (χ2v) is 7.69. The molecule has 0 bridgehead atoms. The average Bonchev–Trinajstić information content (AvgIpc) is 3.04. The quantitative estimate of drug-likeness (QED) is 0.426. The van der Waals surface area contributed by atoms with Gasteiger partial charge in [0.2, 0.25) is 0 Å². The molecule has 2 aliphatic carbocycles. The standard InChI is InChI=1S/C19H24O7/c1-9(2)17(22)25-13-6-11(7-20)12-4-5-19(24,8-21)15(12)16-14(13)10(3)18(23)26-16/h6-7,9,12-16,21,24H,3-5,8H2,1-2H3/t12-,13+,14+,15-,16-,19+/m0/s1. The first-order chi connectivity index (χ1) is 12.2. The van der Waals surface area contributed by atoms with Crippen LogP contribution in [-0.2, 0) is 23.9 Å². The predicted molar refractivity (Wildman–Crippen MR) is 89.6 cm³/mol. The van der Waals surface area contributed by atoms with Gasteiger partial charge in [0.25, 0.3) is 0 Å². The van der Waals surface area contributed by atoms with Crippen molar-refractivity contribution in [2.45, 2.75) is 44.5 Å². The lowest BCUT2D eigenvalue weighted by atomic mass is 9.75. The maximum Gasteiger partial charge on any atom is 0.334 e. The molecule has 1 saturated heterocycles. The zero-order valence-corrected chi connectivity index (χ0v) is 14.9. The molecule has 0 aromatic heterocycles. The van der Waals surface area contributed by atoms with E-state index in [0.29, 0.717) is 18.3 Å². The Morgan fingerprint density at radius 1 is 1.54 bits per heavy atom. The maximum atomic E-state index is 12.2. The first-order valence-electron chi connectivity index (χ1n) is 8.84. The van der Waals surface area contributed by atoms with Gasteiger partial charge in [-0.05, 0) is 30.4 Å². The third-order valence-electron chi connectivity index (χ3n) is 5.83. The molecule has 0 spiro atoms. The molecule has 2 N–H and O–H groups in total. The number of fused-ring (bicyclic) bond motifs is 3. The van der Waals surface area contributed by atoms with Crippen LogP contribution in [0.3, 0.4) is 0 Å². The predicted octanol–water partition coefficient (Wildman–Crippen LogP) is 0.540. The van der Waals surface area contributed by atoms with Crippen LogP contribution in [0.15, 0.2) is 23.8 Å². The summed E-state index contributed by atoms with van der Waals surface area (Å²) < 4.78 is 11.0. The van der Waals surface area contributed by atoms with E-state index in [1.54, 1.807) is 19.9 Å². The minimum atomic E-state index is -1.47. The molecule has 0 amide bonds. The highest BCUT2D eigenvalue weighted by Crippen LogP contribution is 2.53. The number of allylic oxidation sites excluding steroid dienone is 1. The SMILES string of the molecule is C=C1C(=O)O[C@H]2[C@H]1[C@H](OC(=O)C(C)C)C=C(C=O)[C@@H]1CC[C@@](O)(CO)[C@H]21. The van der Waals surface area contributed by atoms with Gasteiger partial charge in [0, 0.05) is 11.5 Å². The zero-order chi connectivity index (χ0) is 19.2. The summed E-state index contributed by atoms with van der Waals surface area (Å²) in [5.74, 6) is -3.22. The molecule has 3 aliphatic rings. The van der Waals surface area contributed by atoms with Crippen molar-refractivity contribution < 1.29 is 34.1 Å². The lowest BCUT2D eigenvalue weighted by Gasteiger charge is -2.36. The van der Waals surface area contributed by atoms with Crippen LogP contribution in [0.25, 0.3) is 0 Å². The Morgan fingerprint density at radius 2 is 2.23 bits per heavy atom. The summed E-state index contributed by atoms with van der Waals surface area (Å²) in [6.45, 7) is 6.64. The second-order valence-electron chi connectivity index (χ2n) is 7.69. The lowest BCUT2D eigenvalue weighted by Crippen LogP contribution is -2.48. The summed E-state index contributed by atoms with van der Waals surface area (Å²) in [5.41, 5.74) is -0.942. The summed E-state index contributed by atoms with van der Waals surface area (Å²) in [4.78, 5) is 36.0. The van der Waals surface area contributed by atoms with E-state index in [1.807, 2.05) is 0 Å². The third-order valence-corrected chi connectivity index (χ3v) is 5.83. The summed E-state index contributed by atoms with van der Waals surface area (Å²) in [7, 11) is 0. The lowest BCUT2D eigenvalue weighted by molar-refractivity contribution is -0.158. The number of aliphatic hydroxyl groups is 2. The second kappa shape index (κ2) is 6.63. The fourth-order valence-corrected chi connectivity index (χ4v) is 4.43. The Morgan fingerprint density at radius 3 is 2.81 bits per heavy atom. The highest BCUT2D eigenvalue weighted by atomic mass is 16.6. The molecular formula is C19H24O7. The van der Waals surface area contributed by atoms with Crippen LogP contribution in [-0.4, -0.2) is 52.9 Å². The Balaban J connectivity index is 2.08. The van der Waals surface area contributed by atoms with E-state index in [1.165, 1.54) is 0 Å². The van der Waals surface area contributed by atoms with Crippen molar-refractivity contribution in [3.63, 3.8) is 0 Å². The Labute approximate surface area is 151 Å². The molecule has 0 aromatic rings. The van der Waals surface area contributed by atoms with Crippen molar-refractivity contribution in [3.05, 3.63) is 23.8 Å². The smallest absolute Gasteiger partial charge is 0.334 e. The molecule has 0 aromatic carbocycles. The highest BCUT2D eigenvalue weighted by molar-refractivity contribution is 5.91. The number of hydrogen-bond acceptors (Lipinski definition) is 7. The molecule has 1 heterocycles. The normalized spacial score (nSPS) is 39.0. The van der Waals surface area contributed by atoms with E-state index >= 15 is 0 Å². The molecule has 26 heavy (non-hydrogen) atoms. The van der Waals surface area contributed by atoms with Gasteiger partial charge in [-0.3, -0.25) is 9.59 Å². The zero-order valence-electron chi connectivity index (χ0n) is 14.9. The van der Waals surface area contributed by atoms with E-state index in [-0.39, 0.29) is 17.9 Å². The number of aldehydes is 1. The van der Waals surface area contributed by atoms with Gasteiger partial charge in [0.05, 0.1) is 24.0 Å². The largest absolute Gasteiger partial charge is 0.458 e. The van der Waals surface area contributed by atoms with Crippen molar-refractivity contribution in [1.82, 2.24) is 0 Å². The molecule has 7 heteroatoms. The van der Waals surface area contributed by atoms with Gasteiger partial charge < -0.3 is 19.7 Å². The van der Waals surface area contributed by atoms with Gasteiger partial charge >= 0.3 is 11.9 Å². The first-order valence-corrected chi connectivity index (χ1v) is 8.84. The van der Waals surface area contributed by atoms with Crippen LogP contribution in [0.4, 0.5) is 0 Å². The topological polar surface area (TPSA) is 110 Å². The summed E-state index contributed by atoms with van der Waals surface area (Å²) >= 11 is 0. The van der Waals surface area contributed by atoms with Gasteiger partial charge in [0.1, 0.15) is 18.5 Å². The van der Waals surface area contributed by atoms with Crippen molar-refractivity contribution in [2.24, 2.45) is 23.7 Å². The first kappa shape index (κ1) is 18.8. The fourth-order valence-electron chi connectivity index (χ4n) is 4.43. The minimum absolute atomic E-state index is 0.144. The van der Waals surface area contributed by atoms with Crippen LogP contribution in [0.5, 0.6) is 0 Å². The maximum absolute atomic E-state index is 12.2. The van der Waals surface area contributed by atoms with E-state index in [4.69, 9.17) is 9.47 Å². The molecular weight excluding hydrogens is 340 g/mol. The van der Waals surface area contributed by atoms with Crippen molar-refractivity contribution in [2.75, 3.05) is 6.61 Å². The summed E-state index contributed by atoms with van der Waals surface area (Å²) in [6.07, 6.45) is 1.27. The molecule has 1 saturated carbocycles. The number of aliphatic hydroxyl groups excluding tert-OH is 1. The molecule has 3 rings (SSSR count). The van der Waals surface area contributed by atoms with Crippen LogP contribution in [0.1, 0.15) is 26.7 Å². The fraction of sp³-hybridized carbons (Fsp3) is 0.632. The van der Waals surface area contributed by atoms with Gasteiger partial charge in [-0.1, -0.05) is 20.4 Å². The van der Waals surface area contributed by atoms with Crippen LogP contribution in [0.2, 0.25) is 0 Å². The van der Waals surface area contributed by atoms with Gasteiger partial charge in [0.15, 0.2) is 0 Å². The molecule has 6 atom stereocenters. The molecule has 142 valence electrons. The van der Waals surface area contributed by atoms with E-state index in [9.17, 15) is 24.6 Å². The summed E-state index contributed by atoms with van der Waals surface area (Å²) in [5, 5.41) is 20.6. The van der Waals surface area contributed by atoms with Crippen LogP contribution >= 0.6 is 0 Å². The molecule has 7 nitrogen and oxygen atoms in total. The molecule has 1 aliphatic heterocycles. The third kappa shape index (κ3) is 2.79. The number of ether oxygens (including phenoxy) is 2. The molecule has 2 fully saturated rings. The summed E-state index contributed by atoms with van der Waals surface area (Å²) in [6, 6.07) is 0. The number of hydrogen-bond donors (Lipinski definition) is 2. The van der Waals surface area contributed by atoms with E-state index in [2.05, 4.69) is 6.58 Å². The Kier molecular flexibility index (Phi) is 4.79. The Hall–Kier alpha value is -1.99. The van der Waals surface area contributed by atoms with Crippen molar-refractivity contribution in [1.29, 1.82) is 0 Å². The molecule has 0 unspecified atom stereocenters. The monoisotopic (exact) mass is 364 g/mol. The van der Waals surface area contributed by atoms with Gasteiger partial charge in [-0.2, -0.15) is 0 Å². The van der Waals surface area contributed by atoms with Crippen molar-refractivity contribution in [3.8, 4) is 0 Å². The average molecular weight is 364 g/mol. The van der Waals surface area contributed by atoms with E-state index in [0.717, 1.165) is 0 Å². The minimum Gasteiger partial charge on any atom is -0.458 e. The van der Waals surface area contributed by atoms with Crippen LogP contribution in [0, 0.1) is 23.7 Å². The number of carbonyl (C=O) groups is 3. The number of esters is 2. The number of carbonyl (C=O) groups excluding carboxylic acids is 3. The highest BCUT2D eigenvalue weighted by Gasteiger charge is 2.60. The molecule has 0 radical (unpaired) electrons. The number of rotatable bonds is 4. The van der Waals surface area contributed by atoms with Gasteiger partial charge in [-0.15, -0.1) is 0 Å². The Bertz CT molecular complexity index is 679. The van der Waals surface area contributed by atoms with E-state index < -0.39 is 54.1 Å². The van der Waals surface area contributed by atoms with Crippen molar-refractivity contribution >= 4 is 18.2 Å².